The summed E-state index contributed by atoms with van der Waals surface area (Å²) in [5, 5.41) is 4.95. The lowest BCUT2D eigenvalue weighted by molar-refractivity contribution is 0.198. The Morgan fingerprint density at radius 1 is 1.29 bits per heavy atom. The molecule has 0 bridgehead atoms. The number of nitrogens with one attached hydrogen (secondary N) is 1. The van der Waals surface area contributed by atoms with Crippen LogP contribution in [-0.2, 0) is 6.54 Å². The molecule has 0 aliphatic carbocycles. The topological polar surface area (TPSA) is 28.2 Å². The quantitative estimate of drug-likeness (QED) is 0.934. The highest BCUT2D eigenvalue weighted by Gasteiger charge is 2.17. The lowest BCUT2D eigenvalue weighted by atomic mass is 10.0. The van der Waals surface area contributed by atoms with E-state index >= 15 is 0 Å². The van der Waals surface area contributed by atoms with Gasteiger partial charge in [-0.15, -0.1) is 0 Å². The first-order valence-electron chi connectivity index (χ1n) is 8.06. The highest BCUT2D eigenvalue weighted by atomic mass is 15.2. The van der Waals surface area contributed by atoms with Gasteiger partial charge in [-0.1, -0.05) is 19.1 Å². The third-order valence-corrected chi connectivity index (χ3v) is 4.44. The number of hydrogen-bond donors (Lipinski definition) is 1. The number of benzene rings is 1. The van der Waals surface area contributed by atoms with Gasteiger partial charge in [0.15, 0.2) is 0 Å². The molecular weight excluding hydrogens is 258 g/mol. The van der Waals surface area contributed by atoms with Crippen LogP contribution in [0.2, 0.25) is 0 Å². The predicted octanol–water partition coefficient (Wildman–Crippen LogP) is 3.12. The van der Waals surface area contributed by atoms with Gasteiger partial charge in [-0.25, -0.2) is 0 Å². The number of nitrogens with zero attached hydrogens (tertiary/aromatic N) is 2. The Balaban J connectivity index is 1.63. The lowest BCUT2D eigenvalue weighted by Crippen LogP contribution is -2.45. The minimum atomic E-state index is 0.630. The molecule has 112 valence electrons. The summed E-state index contributed by atoms with van der Waals surface area (Å²) in [6, 6.07) is 11.5. The average molecular weight is 283 g/mol. The fourth-order valence-corrected chi connectivity index (χ4v) is 3.16. The maximum absolute atomic E-state index is 4.56. The average Bonchev–Trinajstić information content (AvgIpc) is 2.53. The van der Waals surface area contributed by atoms with Crippen molar-refractivity contribution in [2.45, 2.75) is 39.3 Å². The van der Waals surface area contributed by atoms with Crippen LogP contribution in [0.3, 0.4) is 0 Å². The summed E-state index contributed by atoms with van der Waals surface area (Å²) in [7, 11) is 0. The second kappa shape index (κ2) is 6.54. The van der Waals surface area contributed by atoms with Gasteiger partial charge in [0.25, 0.3) is 0 Å². The lowest BCUT2D eigenvalue weighted by Gasteiger charge is -2.32. The standard InChI is InChI=1S/C18H25N3/c1-3-21-10-4-5-17(13-21)19-12-15-7-9-18-16(11-15)8-6-14(2)20-18/h6-9,11,17,19H,3-5,10,12-13H2,1-2H3. The molecule has 0 radical (unpaired) electrons. The van der Waals surface area contributed by atoms with Gasteiger partial charge in [0, 0.05) is 30.2 Å². The van der Waals surface area contributed by atoms with E-state index in [4.69, 9.17) is 0 Å². The molecule has 2 aromatic rings. The molecular formula is C18H25N3. The van der Waals surface area contributed by atoms with Crippen molar-refractivity contribution in [1.29, 1.82) is 0 Å². The molecule has 2 heterocycles. The Labute approximate surface area is 127 Å². The fourth-order valence-electron chi connectivity index (χ4n) is 3.16. The van der Waals surface area contributed by atoms with Gasteiger partial charge in [-0.2, -0.15) is 0 Å². The third-order valence-electron chi connectivity index (χ3n) is 4.44. The Morgan fingerprint density at radius 2 is 2.19 bits per heavy atom. The number of pyridine rings is 1. The molecule has 1 aliphatic rings. The fraction of sp³-hybridized carbons (Fsp3) is 0.500. The highest BCUT2D eigenvalue weighted by Crippen LogP contribution is 2.16. The molecule has 1 unspecified atom stereocenters. The van der Waals surface area contributed by atoms with Crippen LogP contribution in [0.25, 0.3) is 10.9 Å². The van der Waals surface area contributed by atoms with E-state index in [0.29, 0.717) is 6.04 Å². The molecule has 21 heavy (non-hydrogen) atoms. The van der Waals surface area contributed by atoms with E-state index in [9.17, 15) is 0 Å². The van der Waals surface area contributed by atoms with Crippen molar-refractivity contribution in [1.82, 2.24) is 15.2 Å². The van der Waals surface area contributed by atoms with Crippen molar-refractivity contribution in [3.8, 4) is 0 Å². The van der Waals surface area contributed by atoms with Gasteiger partial charge in [-0.3, -0.25) is 4.98 Å². The minimum absolute atomic E-state index is 0.630. The van der Waals surface area contributed by atoms with Gasteiger partial charge in [0.2, 0.25) is 0 Å². The Hall–Kier alpha value is -1.45. The maximum atomic E-state index is 4.56. The van der Waals surface area contributed by atoms with Gasteiger partial charge in [-0.05, 0) is 56.6 Å². The molecule has 1 N–H and O–H groups in total. The van der Waals surface area contributed by atoms with Crippen molar-refractivity contribution in [3.05, 3.63) is 41.6 Å². The van der Waals surface area contributed by atoms with Crippen LogP contribution in [0.15, 0.2) is 30.3 Å². The molecule has 3 heteroatoms. The molecule has 0 saturated carbocycles. The number of aryl methyl sites for hydroxylation is 1. The monoisotopic (exact) mass is 283 g/mol. The second-order valence-corrected chi connectivity index (χ2v) is 6.09. The van der Waals surface area contributed by atoms with Crippen LogP contribution in [0.4, 0.5) is 0 Å². The number of aromatic nitrogens is 1. The number of hydrogen-bond acceptors (Lipinski definition) is 3. The second-order valence-electron chi connectivity index (χ2n) is 6.09. The van der Waals surface area contributed by atoms with E-state index in [2.05, 4.69) is 52.5 Å². The molecule has 3 nitrogen and oxygen atoms in total. The van der Waals surface area contributed by atoms with E-state index in [0.717, 1.165) is 17.8 Å². The summed E-state index contributed by atoms with van der Waals surface area (Å²) < 4.78 is 0. The molecule has 1 fully saturated rings. The zero-order chi connectivity index (χ0) is 14.7. The predicted molar refractivity (Wildman–Crippen MR) is 88.5 cm³/mol. The van der Waals surface area contributed by atoms with Crippen LogP contribution < -0.4 is 5.32 Å². The molecule has 3 rings (SSSR count). The van der Waals surface area contributed by atoms with E-state index in [1.54, 1.807) is 0 Å². The van der Waals surface area contributed by atoms with Crippen LogP contribution in [0.5, 0.6) is 0 Å². The summed E-state index contributed by atoms with van der Waals surface area (Å²) in [5.74, 6) is 0. The van der Waals surface area contributed by atoms with Gasteiger partial charge >= 0.3 is 0 Å². The normalized spacial score (nSPS) is 20.0. The number of fused-ring (bicyclic) bond motifs is 1. The van der Waals surface area contributed by atoms with E-state index < -0.39 is 0 Å². The van der Waals surface area contributed by atoms with Gasteiger partial charge < -0.3 is 10.2 Å². The molecule has 1 aromatic heterocycles. The first-order valence-corrected chi connectivity index (χ1v) is 8.06. The maximum Gasteiger partial charge on any atom is 0.0705 e. The first kappa shape index (κ1) is 14.5. The molecule has 0 spiro atoms. The van der Waals surface area contributed by atoms with Crippen LogP contribution in [0, 0.1) is 6.92 Å². The van der Waals surface area contributed by atoms with E-state index in [1.807, 2.05) is 6.92 Å². The Bertz CT molecular complexity index is 608. The van der Waals surface area contributed by atoms with Crippen LogP contribution in [-0.4, -0.2) is 35.6 Å². The van der Waals surface area contributed by atoms with Crippen molar-refractivity contribution < 1.29 is 0 Å². The number of likely N-dealkylation sites (N-methyl/N-ethyl adjacent to an activating group) is 1. The smallest absolute Gasteiger partial charge is 0.0705 e. The molecule has 1 aromatic carbocycles. The summed E-state index contributed by atoms with van der Waals surface area (Å²) in [6.45, 7) is 8.85. The summed E-state index contributed by atoms with van der Waals surface area (Å²) in [6.07, 6.45) is 2.61. The zero-order valence-electron chi connectivity index (χ0n) is 13.1. The molecule has 0 amide bonds. The Morgan fingerprint density at radius 3 is 3.05 bits per heavy atom. The van der Waals surface area contributed by atoms with E-state index in [-0.39, 0.29) is 0 Å². The zero-order valence-corrected chi connectivity index (χ0v) is 13.1. The number of likely N-dealkylation sites (tertiary alicyclic amines) is 1. The summed E-state index contributed by atoms with van der Waals surface area (Å²) in [4.78, 5) is 7.10. The minimum Gasteiger partial charge on any atom is -0.309 e. The molecule has 1 saturated heterocycles. The molecule has 1 aliphatic heterocycles. The largest absolute Gasteiger partial charge is 0.309 e. The summed E-state index contributed by atoms with van der Waals surface area (Å²) >= 11 is 0. The van der Waals surface area contributed by atoms with Gasteiger partial charge in [0.05, 0.1) is 5.52 Å². The SMILES string of the molecule is CCN1CCCC(NCc2ccc3nc(C)ccc3c2)C1. The Kier molecular flexibility index (Phi) is 4.51. The highest BCUT2D eigenvalue weighted by molar-refractivity contribution is 5.79. The van der Waals surface area contributed by atoms with Gasteiger partial charge in [0.1, 0.15) is 0 Å². The van der Waals surface area contributed by atoms with Crippen molar-refractivity contribution in [3.63, 3.8) is 0 Å². The van der Waals surface area contributed by atoms with E-state index in [1.165, 1.54) is 43.4 Å². The van der Waals surface area contributed by atoms with Crippen molar-refractivity contribution in [2.75, 3.05) is 19.6 Å². The molecule has 1 atom stereocenters. The number of piperidine rings is 1. The van der Waals surface area contributed by atoms with Crippen molar-refractivity contribution >= 4 is 10.9 Å². The third kappa shape index (κ3) is 3.60. The summed E-state index contributed by atoms with van der Waals surface area (Å²) in [5.41, 5.74) is 3.52. The van der Waals surface area contributed by atoms with Crippen molar-refractivity contribution in [2.24, 2.45) is 0 Å². The van der Waals surface area contributed by atoms with Crippen LogP contribution in [0.1, 0.15) is 31.0 Å². The van der Waals surface area contributed by atoms with Crippen LogP contribution >= 0.6 is 0 Å². The number of rotatable bonds is 4. The first-order chi connectivity index (χ1) is 10.2.